The molecule has 0 aliphatic rings. The zero-order valence-electron chi connectivity index (χ0n) is 9.06. The van der Waals surface area contributed by atoms with Crippen molar-refractivity contribution in [2.24, 2.45) is 0 Å². The molecule has 0 aliphatic heterocycles. The van der Waals surface area contributed by atoms with E-state index in [1.54, 1.807) is 39.2 Å². The Balaban J connectivity index is 2.96. The van der Waals surface area contributed by atoms with E-state index in [2.05, 4.69) is 4.98 Å². The molecule has 0 saturated carbocycles. The van der Waals surface area contributed by atoms with Gasteiger partial charge in [-0.05, 0) is 26.0 Å². The highest BCUT2D eigenvalue weighted by Crippen LogP contribution is 2.08. The number of hydrogen-bond donors (Lipinski definition) is 0. The zero-order valence-corrected chi connectivity index (χ0v) is 9.06. The van der Waals surface area contributed by atoms with E-state index < -0.39 is 6.04 Å². The first-order valence-corrected chi connectivity index (χ1v) is 4.66. The van der Waals surface area contributed by atoms with Gasteiger partial charge in [0, 0.05) is 18.9 Å². The SMILES string of the molecule is Cc1ncccc1C(=O)N(C)C(C)C#N. The van der Waals surface area contributed by atoms with Crippen LogP contribution >= 0.6 is 0 Å². The molecule has 1 heterocycles. The summed E-state index contributed by atoms with van der Waals surface area (Å²) in [5, 5.41) is 8.71. The minimum Gasteiger partial charge on any atom is -0.326 e. The quantitative estimate of drug-likeness (QED) is 0.729. The monoisotopic (exact) mass is 203 g/mol. The molecular formula is C11H13N3O. The summed E-state index contributed by atoms with van der Waals surface area (Å²) in [5.41, 5.74) is 1.22. The molecule has 0 fully saturated rings. The maximum Gasteiger partial charge on any atom is 0.256 e. The Bertz CT molecular complexity index is 409. The van der Waals surface area contributed by atoms with Crippen LogP contribution in [0.4, 0.5) is 0 Å². The summed E-state index contributed by atoms with van der Waals surface area (Å²) in [6.07, 6.45) is 1.64. The Morgan fingerprint density at radius 1 is 1.67 bits per heavy atom. The first kappa shape index (κ1) is 11.2. The van der Waals surface area contributed by atoms with E-state index >= 15 is 0 Å². The summed E-state index contributed by atoms with van der Waals surface area (Å²) >= 11 is 0. The van der Waals surface area contributed by atoms with Gasteiger partial charge in [-0.3, -0.25) is 9.78 Å². The second-order valence-electron chi connectivity index (χ2n) is 3.36. The van der Waals surface area contributed by atoms with E-state index in [4.69, 9.17) is 5.26 Å². The highest BCUT2D eigenvalue weighted by atomic mass is 16.2. The Morgan fingerprint density at radius 2 is 2.33 bits per heavy atom. The van der Waals surface area contributed by atoms with Crippen LogP contribution in [0.1, 0.15) is 23.0 Å². The predicted octanol–water partition coefficient (Wildman–Crippen LogP) is 1.37. The van der Waals surface area contributed by atoms with Crippen LogP contribution in [0.5, 0.6) is 0 Å². The van der Waals surface area contributed by atoms with Gasteiger partial charge in [0.15, 0.2) is 0 Å². The molecule has 4 heteroatoms. The third-order valence-electron chi connectivity index (χ3n) is 2.33. The van der Waals surface area contributed by atoms with Crippen LogP contribution < -0.4 is 0 Å². The lowest BCUT2D eigenvalue weighted by Gasteiger charge is -2.19. The van der Waals surface area contributed by atoms with E-state index in [-0.39, 0.29) is 5.91 Å². The number of hydrogen-bond acceptors (Lipinski definition) is 3. The number of pyridine rings is 1. The first-order valence-electron chi connectivity index (χ1n) is 4.66. The summed E-state index contributed by atoms with van der Waals surface area (Å²) < 4.78 is 0. The Labute approximate surface area is 89.2 Å². The van der Waals surface area contributed by atoms with Crippen molar-refractivity contribution in [2.75, 3.05) is 7.05 Å². The van der Waals surface area contributed by atoms with Gasteiger partial charge in [0.2, 0.25) is 0 Å². The smallest absolute Gasteiger partial charge is 0.256 e. The molecule has 0 saturated heterocycles. The van der Waals surface area contributed by atoms with E-state index in [9.17, 15) is 4.79 Å². The fourth-order valence-electron chi connectivity index (χ4n) is 1.16. The molecule has 0 bridgehead atoms. The van der Waals surface area contributed by atoms with Crippen molar-refractivity contribution in [1.82, 2.24) is 9.88 Å². The van der Waals surface area contributed by atoms with Crippen LogP contribution in [0.15, 0.2) is 18.3 Å². The Hall–Kier alpha value is -1.89. The van der Waals surface area contributed by atoms with Crippen molar-refractivity contribution in [3.05, 3.63) is 29.6 Å². The maximum atomic E-state index is 11.9. The minimum absolute atomic E-state index is 0.172. The second kappa shape index (κ2) is 4.56. The summed E-state index contributed by atoms with van der Waals surface area (Å²) in [7, 11) is 1.61. The average molecular weight is 203 g/mol. The predicted molar refractivity (Wildman–Crippen MR) is 56.1 cm³/mol. The molecule has 0 aromatic carbocycles. The number of aryl methyl sites for hydroxylation is 1. The molecule has 0 radical (unpaired) electrons. The third kappa shape index (κ3) is 2.32. The van der Waals surface area contributed by atoms with Gasteiger partial charge in [0.05, 0.1) is 11.6 Å². The van der Waals surface area contributed by atoms with Crippen molar-refractivity contribution in [1.29, 1.82) is 5.26 Å². The molecule has 1 atom stereocenters. The van der Waals surface area contributed by atoms with Gasteiger partial charge >= 0.3 is 0 Å². The van der Waals surface area contributed by atoms with Gasteiger partial charge in [-0.1, -0.05) is 0 Å². The van der Waals surface area contributed by atoms with Gasteiger partial charge in [-0.25, -0.2) is 0 Å². The number of rotatable bonds is 2. The Morgan fingerprint density at radius 3 is 2.87 bits per heavy atom. The number of amides is 1. The van der Waals surface area contributed by atoms with Gasteiger partial charge < -0.3 is 4.90 Å². The minimum atomic E-state index is -0.433. The molecule has 15 heavy (non-hydrogen) atoms. The van der Waals surface area contributed by atoms with Gasteiger partial charge in [0.1, 0.15) is 6.04 Å². The van der Waals surface area contributed by atoms with Crippen molar-refractivity contribution in [3.8, 4) is 6.07 Å². The molecular weight excluding hydrogens is 190 g/mol. The lowest BCUT2D eigenvalue weighted by molar-refractivity contribution is 0.0772. The van der Waals surface area contributed by atoms with Crippen LogP contribution in [-0.2, 0) is 0 Å². The summed E-state index contributed by atoms with van der Waals surface area (Å²) in [6, 6.07) is 5.01. The molecule has 0 N–H and O–H groups in total. The van der Waals surface area contributed by atoms with Crippen LogP contribution in [-0.4, -0.2) is 28.9 Å². The first-order chi connectivity index (χ1) is 7.07. The molecule has 0 aliphatic carbocycles. The number of carbonyl (C=O) groups is 1. The standard InChI is InChI=1S/C11H13N3O/c1-8(7-12)14(3)11(15)10-5-4-6-13-9(10)2/h4-6,8H,1-3H3. The zero-order chi connectivity index (χ0) is 11.4. The summed E-state index contributed by atoms with van der Waals surface area (Å²) in [6.45, 7) is 3.46. The van der Waals surface area contributed by atoms with E-state index in [0.717, 1.165) is 0 Å². The lowest BCUT2D eigenvalue weighted by Crippen LogP contribution is -2.34. The van der Waals surface area contributed by atoms with E-state index in [1.165, 1.54) is 4.90 Å². The van der Waals surface area contributed by atoms with Crippen LogP contribution in [0.25, 0.3) is 0 Å². The topological polar surface area (TPSA) is 57.0 Å². The molecule has 4 nitrogen and oxygen atoms in total. The fourth-order valence-corrected chi connectivity index (χ4v) is 1.16. The van der Waals surface area contributed by atoms with Gasteiger partial charge in [-0.15, -0.1) is 0 Å². The highest BCUT2D eigenvalue weighted by molar-refractivity contribution is 5.95. The van der Waals surface area contributed by atoms with Crippen LogP contribution in [0.3, 0.4) is 0 Å². The average Bonchev–Trinajstić information content (AvgIpc) is 2.26. The number of carbonyl (C=O) groups excluding carboxylic acids is 1. The molecule has 1 unspecified atom stereocenters. The van der Waals surface area contributed by atoms with E-state index in [1.807, 2.05) is 6.07 Å². The van der Waals surface area contributed by atoms with Crippen molar-refractivity contribution in [3.63, 3.8) is 0 Å². The van der Waals surface area contributed by atoms with Crippen LogP contribution in [0.2, 0.25) is 0 Å². The number of aromatic nitrogens is 1. The second-order valence-corrected chi connectivity index (χ2v) is 3.36. The normalized spacial score (nSPS) is 11.6. The Kier molecular flexibility index (Phi) is 3.40. The molecule has 1 aromatic rings. The van der Waals surface area contributed by atoms with Crippen LogP contribution in [0, 0.1) is 18.3 Å². The number of nitriles is 1. The lowest BCUT2D eigenvalue weighted by atomic mass is 10.1. The number of nitrogens with zero attached hydrogens (tertiary/aromatic N) is 3. The third-order valence-corrected chi connectivity index (χ3v) is 2.33. The van der Waals surface area contributed by atoms with Gasteiger partial charge in [-0.2, -0.15) is 5.26 Å². The van der Waals surface area contributed by atoms with Gasteiger partial charge in [0.25, 0.3) is 5.91 Å². The van der Waals surface area contributed by atoms with Crippen molar-refractivity contribution < 1.29 is 4.79 Å². The molecule has 1 aromatic heterocycles. The largest absolute Gasteiger partial charge is 0.326 e. The maximum absolute atomic E-state index is 11.9. The van der Waals surface area contributed by atoms with E-state index in [0.29, 0.717) is 11.3 Å². The summed E-state index contributed by atoms with van der Waals surface area (Å²) in [5.74, 6) is -0.172. The molecule has 1 rings (SSSR count). The molecule has 78 valence electrons. The molecule has 0 spiro atoms. The summed E-state index contributed by atoms with van der Waals surface area (Å²) in [4.78, 5) is 17.3. The fraction of sp³-hybridized carbons (Fsp3) is 0.364. The highest BCUT2D eigenvalue weighted by Gasteiger charge is 2.18. The van der Waals surface area contributed by atoms with Crippen molar-refractivity contribution >= 4 is 5.91 Å². The van der Waals surface area contributed by atoms with Crippen molar-refractivity contribution in [2.45, 2.75) is 19.9 Å². The molecule has 1 amide bonds.